The first kappa shape index (κ1) is 17.2. The standard InChI is InChI=1S/C11H24N2O2S.ClH/c1-4-10(5-2)9-16(14,15)13(3)11-6-7-12-8-11;/h10-12H,4-9H2,1-3H3;1H. The van der Waals surface area contributed by atoms with Gasteiger partial charge in [-0.05, 0) is 18.9 Å². The maximum Gasteiger partial charge on any atom is 0.214 e. The fourth-order valence-electron chi connectivity index (χ4n) is 2.12. The molecule has 0 radical (unpaired) electrons. The van der Waals surface area contributed by atoms with Gasteiger partial charge in [0.15, 0.2) is 0 Å². The lowest BCUT2D eigenvalue weighted by atomic mass is 10.1. The zero-order valence-corrected chi connectivity index (χ0v) is 12.6. The Morgan fingerprint density at radius 3 is 2.35 bits per heavy atom. The number of nitrogens with zero attached hydrogens (tertiary/aromatic N) is 1. The van der Waals surface area contributed by atoms with Gasteiger partial charge in [-0.1, -0.05) is 26.7 Å². The Morgan fingerprint density at radius 1 is 1.35 bits per heavy atom. The summed E-state index contributed by atoms with van der Waals surface area (Å²) in [4.78, 5) is 0. The molecule has 1 fully saturated rings. The van der Waals surface area contributed by atoms with Gasteiger partial charge < -0.3 is 5.32 Å². The van der Waals surface area contributed by atoms with Gasteiger partial charge in [0.2, 0.25) is 10.0 Å². The molecule has 0 aromatic carbocycles. The summed E-state index contributed by atoms with van der Waals surface area (Å²) in [5.74, 6) is 0.592. The smallest absolute Gasteiger partial charge is 0.214 e. The zero-order valence-electron chi connectivity index (χ0n) is 11.0. The molecule has 1 aliphatic rings. The molecule has 1 atom stereocenters. The van der Waals surface area contributed by atoms with Crippen LogP contribution in [0.2, 0.25) is 0 Å². The third kappa shape index (κ3) is 4.73. The molecular weight excluding hydrogens is 260 g/mol. The topological polar surface area (TPSA) is 49.4 Å². The van der Waals surface area contributed by atoms with Crippen LogP contribution in [-0.4, -0.2) is 44.7 Å². The minimum atomic E-state index is -3.07. The van der Waals surface area contributed by atoms with Crippen LogP contribution in [0.15, 0.2) is 0 Å². The molecule has 104 valence electrons. The highest BCUT2D eigenvalue weighted by molar-refractivity contribution is 7.89. The van der Waals surface area contributed by atoms with Crippen LogP contribution in [0.4, 0.5) is 0 Å². The molecule has 1 rings (SSSR count). The van der Waals surface area contributed by atoms with Crippen LogP contribution in [0.3, 0.4) is 0 Å². The van der Waals surface area contributed by atoms with Crippen LogP contribution in [-0.2, 0) is 10.0 Å². The lowest BCUT2D eigenvalue weighted by Crippen LogP contribution is -2.40. The van der Waals surface area contributed by atoms with Gasteiger partial charge in [0, 0.05) is 19.6 Å². The highest BCUT2D eigenvalue weighted by atomic mass is 35.5. The number of halogens is 1. The number of rotatable bonds is 6. The van der Waals surface area contributed by atoms with Crippen molar-refractivity contribution in [2.24, 2.45) is 5.92 Å². The van der Waals surface area contributed by atoms with E-state index in [1.54, 1.807) is 11.4 Å². The second kappa shape index (κ2) is 7.56. The quantitative estimate of drug-likeness (QED) is 0.804. The minimum absolute atomic E-state index is 0. The number of nitrogens with one attached hydrogen (secondary N) is 1. The van der Waals surface area contributed by atoms with E-state index < -0.39 is 10.0 Å². The molecule has 4 nitrogen and oxygen atoms in total. The van der Waals surface area contributed by atoms with Crippen LogP contribution in [0.5, 0.6) is 0 Å². The Balaban J connectivity index is 0.00000256. The van der Waals surface area contributed by atoms with E-state index in [1.165, 1.54) is 0 Å². The van der Waals surface area contributed by atoms with Gasteiger partial charge in [0.25, 0.3) is 0 Å². The summed E-state index contributed by atoms with van der Waals surface area (Å²) in [6, 6.07) is 0.152. The van der Waals surface area contributed by atoms with Crippen molar-refractivity contribution in [1.29, 1.82) is 0 Å². The molecule has 1 aliphatic heterocycles. The molecule has 1 heterocycles. The summed E-state index contributed by atoms with van der Waals surface area (Å²) in [7, 11) is -1.36. The summed E-state index contributed by atoms with van der Waals surface area (Å²) in [5, 5.41) is 3.20. The Morgan fingerprint density at radius 2 is 1.94 bits per heavy atom. The Bertz CT molecular complexity index is 299. The molecule has 0 saturated carbocycles. The van der Waals surface area contributed by atoms with Crippen molar-refractivity contribution in [3.05, 3.63) is 0 Å². The maximum absolute atomic E-state index is 12.1. The monoisotopic (exact) mass is 284 g/mol. The van der Waals surface area contributed by atoms with E-state index in [1.807, 2.05) is 0 Å². The van der Waals surface area contributed by atoms with Crippen molar-refractivity contribution >= 4 is 22.4 Å². The zero-order chi connectivity index (χ0) is 12.2. The molecule has 0 spiro atoms. The van der Waals surface area contributed by atoms with Crippen molar-refractivity contribution < 1.29 is 8.42 Å². The maximum atomic E-state index is 12.1. The number of hydrogen-bond acceptors (Lipinski definition) is 3. The molecule has 1 unspecified atom stereocenters. The average molecular weight is 285 g/mol. The second-order valence-corrected chi connectivity index (χ2v) is 6.70. The minimum Gasteiger partial charge on any atom is -0.315 e. The second-order valence-electron chi connectivity index (χ2n) is 4.62. The average Bonchev–Trinajstić information content (AvgIpc) is 2.78. The van der Waals surface area contributed by atoms with E-state index in [-0.39, 0.29) is 18.4 Å². The van der Waals surface area contributed by atoms with Crippen LogP contribution >= 0.6 is 12.4 Å². The molecule has 0 bridgehead atoms. The number of hydrogen-bond donors (Lipinski definition) is 1. The fourth-order valence-corrected chi connectivity index (χ4v) is 4.05. The fraction of sp³-hybridized carbons (Fsp3) is 1.00. The van der Waals surface area contributed by atoms with Crippen LogP contribution < -0.4 is 5.32 Å². The van der Waals surface area contributed by atoms with Gasteiger partial charge in [-0.15, -0.1) is 12.4 Å². The van der Waals surface area contributed by atoms with E-state index in [2.05, 4.69) is 19.2 Å². The molecule has 0 aromatic heterocycles. The third-order valence-corrected chi connectivity index (χ3v) is 5.66. The first-order valence-electron chi connectivity index (χ1n) is 6.17. The molecular formula is C11H25ClN2O2S. The van der Waals surface area contributed by atoms with Crippen molar-refractivity contribution in [3.8, 4) is 0 Å². The normalized spacial score (nSPS) is 20.9. The van der Waals surface area contributed by atoms with Gasteiger partial charge in [0.1, 0.15) is 0 Å². The van der Waals surface area contributed by atoms with E-state index in [0.29, 0.717) is 11.7 Å². The van der Waals surface area contributed by atoms with E-state index >= 15 is 0 Å². The van der Waals surface area contributed by atoms with Gasteiger partial charge >= 0.3 is 0 Å². The van der Waals surface area contributed by atoms with E-state index in [9.17, 15) is 8.42 Å². The third-order valence-electron chi connectivity index (χ3n) is 3.59. The molecule has 17 heavy (non-hydrogen) atoms. The Labute approximate surface area is 112 Å². The summed E-state index contributed by atoms with van der Waals surface area (Å²) < 4.78 is 25.9. The van der Waals surface area contributed by atoms with Crippen LogP contribution in [0, 0.1) is 5.92 Å². The lowest BCUT2D eigenvalue weighted by Gasteiger charge is -2.25. The van der Waals surface area contributed by atoms with Gasteiger partial charge in [-0.3, -0.25) is 0 Å². The Kier molecular flexibility index (Phi) is 7.63. The highest BCUT2D eigenvalue weighted by Crippen LogP contribution is 2.17. The summed E-state index contributed by atoms with van der Waals surface area (Å²) in [5.41, 5.74) is 0. The molecule has 0 aromatic rings. The van der Waals surface area contributed by atoms with Gasteiger partial charge in [0.05, 0.1) is 5.75 Å². The first-order valence-corrected chi connectivity index (χ1v) is 7.78. The summed E-state index contributed by atoms with van der Waals surface area (Å²) in [6.07, 6.45) is 2.80. The summed E-state index contributed by atoms with van der Waals surface area (Å²) in [6.45, 7) is 5.83. The Hall–Kier alpha value is 0.160. The van der Waals surface area contributed by atoms with Crippen molar-refractivity contribution in [1.82, 2.24) is 9.62 Å². The van der Waals surface area contributed by atoms with E-state index in [0.717, 1.165) is 32.4 Å². The number of sulfonamides is 1. The molecule has 6 heteroatoms. The largest absolute Gasteiger partial charge is 0.315 e. The molecule has 0 amide bonds. The SMILES string of the molecule is CCC(CC)CS(=O)(=O)N(C)C1CCNC1.Cl. The van der Waals surface area contributed by atoms with Crippen molar-refractivity contribution in [2.75, 3.05) is 25.9 Å². The predicted molar refractivity (Wildman–Crippen MR) is 74.1 cm³/mol. The molecule has 1 saturated heterocycles. The first-order chi connectivity index (χ1) is 7.51. The van der Waals surface area contributed by atoms with E-state index in [4.69, 9.17) is 0 Å². The van der Waals surface area contributed by atoms with Crippen molar-refractivity contribution in [3.63, 3.8) is 0 Å². The van der Waals surface area contributed by atoms with Crippen LogP contribution in [0.25, 0.3) is 0 Å². The summed E-state index contributed by atoms with van der Waals surface area (Å²) >= 11 is 0. The highest BCUT2D eigenvalue weighted by Gasteiger charge is 2.29. The molecule has 1 N–H and O–H groups in total. The van der Waals surface area contributed by atoms with Gasteiger partial charge in [-0.25, -0.2) is 12.7 Å². The van der Waals surface area contributed by atoms with Crippen LogP contribution in [0.1, 0.15) is 33.1 Å². The van der Waals surface area contributed by atoms with Crippen molar-refractivity contribution in [2.45, 2.75) is 39.2 Å². The number of likely N-dealkylation sites (N-methyl/N-ethyl adjacent to an activating group) is 1. The van der Waals surface area contributed by atoms with Gasteiger partial charge in [-0.2, -0.15) is 0 Å². The lowest BCUT2D eigenvalue weighted by molar-refractivity contribution is 0.380. The molecule has 0 aliphatic carbocycles. The predicted octanol–water partition coefficient (Wildman–Crippen LogP) is 1.47.